The molecule has 0 aliphatic carbocycles. The molecule has 1 fully saturated rings. The van der Waals surface area contributed by atoms with E-state index < -0.39 is 6.03 Å². The van der Waals surface area contributed by atoms with Crippen molar-refractivity contribution in [3.05, 3.63) is 35.4 Å². The van der Waals surface area contributed by atoms with E-state index in [2.05, 4.69) is 10.4 Å². The van der Waals surface area contributed by atoms with Crippen LogP contribution in [0.2, 0.25) is 0 Å². The molecule has 1 saturated heterocycles. The molecule has 5 heteroatoms. The number of carbonyl (C=O) groups is 2. The van der Waals surface area contributed by atoms with Crippen LogP contribution in [-0.2, 0) is 4.79 Å². The van der Waals surface area contributed by atoms with Crippen molar-refractivity contribution in [2.75, 3.05) is 6.54 Å². The summed E-state index contributed by atoms with van der Waals surface area (Å²) in [6.07, 6.45) is 1.56. The Bertz CT molecular complexity index is 468. The van der Waals surface area contributed by atoms with E-state index >= 15 is 0 Å². The molecular weight excluding hydrogens is 206 g/mol. The molecule has 0 radical (unpaired) electrons. The number of amides is 3. The van der Waals surface area contributed by atoms with Crippen LogP contribution < -0.4 is 5.32 Å². The highest BCUT2D eigenvalue weighted by Gasteiger charge is 2.25. The minimum Gasteiger partial charge on any atom is -0.275 e. The van der Waals surface area contributed by atoms with Crippen molar-refractivity contribution in [2.24, 2.45) is 5.10 Å². The topological polar surface area (TPSA) is 61.8 Å². The van der Waals surface area contributed by atoms with Crippen LogP contribution in [0.1, 0.15) is 11.1 Å². The van der Waals surface area contributed by atoms with E-state index in [9.17, 15) is 9.59 Å². The number of rotatable bonds is 2. The van der Waals surface area contributed by atoms with Crippen LogP contribution in [0.5, 0.6) is 0 Å². The van der Waals surface area contributed by atoms with Crippen molar-refractivity contribution in [1.29, 1.82) is 0 Å². The number of hydrogen-bond donors (Lipinski definition) is 1. The number of hydrazone groups is 1. The molecule has 0 spiro atoms. The second kappa shape index (κ2) is 4.14. The lowest BCUT2D eigenvalue weighted by molar-refractivity contribution is -0.118. The minimum absolute atomic E-state index is 0.0127. The summed E-state index contributed by atoms with van der Waals surface area (Å²) in [6.45, 7) is 1.96. The number of nitrogens with zero attached hydrogens (tertiary/aromatic N) is 2. The second-order valence-electron chi connectivity index (χ2n) is 3.57. The highest BCUT2D eigenvalue weighted by molar-refractivity contribution is 6.02. The highest BCUT2D eigenvalue weighted by Crippen LogP contribution is 2.03. The van der Waals surface area contributed by atoms with Gasteiger partial charge < -0.3 is 0 Å². The average molecular weight is 217 g/mol. The van der Waals surface area contributed by atoms with E-state index in [1.54, 1.807) is 6.21 Å². The lowest BCUT2D eigenvalue weighted by Gasteiger charge is -2.04. The van der Waals surface area contributed by atoms with Gasteiger partial charge in [-0.2, -0.15) is 5.10 Å². The molecule has 5 nitrogen and oxygen atoms in total. The van der Waals surface area contributed by atoms with Gasteiger partial charge in [0.25, 0.3) is 0 Å². The molecule has 1 aliphatic rings. The summed E-state index contributed by atoms with van der Waals surface area (Å²) >= 11 is 0. The highest BCUT2D eigenvalue weighted by atomic mass is 16.2. The summed E-state index contributed by atoms with van der Waals surface area (Å²) in [5.41, 5.74) is 2.01. The average Bonchev–Trinajstić information content (AvgIpc) is 2.54. The summed E-state index contributed by atoms with van der Waals surface area (Å²) in [5.74, 6) is -0.327. The Morgan fingerprint density at radius 1 is 1.44 bits per heavy atom. The van der Waals surface area contributed by atoms with Crippen LogP contribution in [0.25, 0.3) is 0 Å². The molecule has 82 valence electrons. The molecule has 0 atom stereocenters. The van der Waals surface area contributed by atoms with E-state index in [1.807, 2.05) is 31.2 Å². The van der Waals surface area contributed by atoms with Crippen LogP contribution in [0.3, 0.4) is 0 Å². The normalized spacial score (nSPS) is 15.9. The number of urea groups is 1. The molecule has 1 aliphatic heterocycles. The van der Waals surface area contributed by atoms with E-state index in [-0.39, 0.29) is 12.5 Å². The molecule has 0 bridgehead atoms. The molecule has 0 unspecified atom stereocenters. The molecule has 16 heavy (non-hydrogen) atoms. The monoisotopic (exact) mass is 217 g/mol. The van der Waals surface area contributed by atoms with Gasteiger partial charge in [-0.25, -0.2) is 9.80 Å². The van der Waals surface area contributed by atoms with Gasteiger partial charge in [0.15, 0.2) is 0 Å². The van der Waals surface area contributed by atoms with E-state index in [1.165, 1.54) is 0 Å². The second-order valence-corrected chi connectivity index (χ2v) is 3.57. The van der Waals surface area contributed by atoms with Gasteiger partial charge in [0, 0.05) is 0 Å². The number of nitrogens with one attached hydrogen (secondary N) is 1. The molecule has 0 aromatic heterocycles. The standard InChI is InChI=1S/C11H11N3O2/c1-8-3-2-4-9(5-8)6-12-14-7-10(15)13-11(14)16/h2-6H,7H2,1H3,(H,13,15,16)/b12-6-. The molecule has 2 rings (SSSR count). The van der Waals surface area contributed by atoms with Gasteiger partial charge in [0.05, 0.1) is 6.21 Å². The van der Waals surface area contributed by atoms with Gasteiger partial charge in [-0.05, 0) is 12.5 Å². The number of aryl methyl sites for hydroxylation is 1. The Labute approximate surface area is 92.7 Å². The molecule has 1 aromatic carbocycles. The third-order valence-electron chi connectivity index (χ3n) is 2.16. The lowest BCUT2D eigenvalue weighted by Crippen LogP contribution is -2.24. The first kappa shape index (κ1) is 10.4. The van der Waals surface area contributed by atoms with Gasteiger partial charge in [0.2, 0.25) is 5.91 Å². The molecule has 0 saturated carbocycles. The maximum Gasteiger partial charge on any atom is 0.344 e. The fourth-order valence-corrected chi connectivity index (χ4v) is 1.41. The zero-order chi connectivity index (χ0) is 11.5. The number of imide groups is 1. The zero-order valence-electron chi connectivity index (χ0n) is 8.80. The van der Waals surface area contributed by atoms with E-state index in [0.717, 1.165) is 16.1 Å². The van der Waals surface area contributed by atoms with Gasteiger partial charge in [0.1, 0.15) is 6.54 Å². The number of hydrogen-bond acceptors (Lipinski definition) is 3. The Morgan fingerprint density at radius 2 is 2.25 bits per heavy atom. The zero-order valence-corrected chi connectivity index (χ0v) is 8.80. The van der Waals surface area contributed by atoms with Crippen LogP contribution >= 0.6 is 0 Å². The van der Waals surface area contributed by atoms with Crippen molar-refractivity contribution >= 4 is 18.2 Å². The van der Waals surface area contributed by atoms with Crippen molar-refractivity contribution in [2.45, 2.75) is 6.92 Å². The first-order valence-electron chi connectivity index (χ1n) is 4.87. The summed E-state index contributed by atoms with van der Waals surface area (Å²) in [5, 5.41) is 7.19. The fraction of sp³-hybridized carbons (Fsp3) is 0.182. The first-order valence-corrected chi connectivity index (χ1v) is 4.87. The molecule has 3 amide bonds. The van der Waals surface area contributed by atoms with Crippen LogP contribution in [0.4, 0.5) is 4.79 Å². The third kappa shape index (κ3) is 2.25. The first-order chi connectivity index (χ1) is 7.65. The Hall–Kier alpha value is -2.17. The Morgan fingerprint density at radius 3 is 2.88 bits per heavy atom. The quantitative estimate of drug-likeness (QED) is 0.590. The third-order valence-corrected chi connectivity index (χ3v) is 2.16. The van der Waals surface area contributed by atoms with Crippen LogP contribution in [-0.4, -0.2) is 29.7 Å². The summed E-state index contributed by atoms with van der Waals surface area (Å²) in [7, 11) is 0. The molecule has 1 aromatic rings. The summed E-state index contributed by atoms with van der Waals surface area (Å²) < 4.78 is 0. The minimum atomic E-state index is -0.478. The van der Waals surface area contributed by atoms with Gasteiger partial charge in [-0.15, -0.1) is 0 Å². The van der Waals surface area contributed by atoms with E-state index in [0.29, 0.717) is 0 Å². The maximum atomic E-state index is 11.2. The van der Waals surface area contributed by atoms with Crippen molar-refractivity contribution in [3.63, 3.8) is 0 Å². The Balaban J connectivity index is 2.10. The van der Waals surface area contributed by atoms with Gasteiger partial charge >= 0.3 is 6.03 Å². The molecular formula is C11H11N3O2. The molecule has 1 N–H and O–H groups in total. The van der Waals surface area contributed by atoms with E-state index in [4.69, 9.17) is 0 Å². The SMILES string of the molecule is Cc1cccc(/C=N\N2CC(=O)NC2=O)c1. The summed E-state index contributed by atoms with van der Waals surface area (Å²) in [4.78, 5) is 22.0. The lowest BCUT2D eigenvalue weighted by atomic mass is 10.2. The number of carbonyl (C=O) groups excluding carboxylic acids is 2. The smallest absolute Gasteiger partial charge is 0.275 e. The van der Waals surface area contributed by atoms with Gasteiger partial charge in [-0.1, -0.05) is 29.8 Å². The fourth-order valence-electron chi connectivity index (χ4n) is 1.41. The number of benzene rings is 1. The molecule has 1 heterocycles. The van der Waals surface area contributed by atoms with Crippen molar-refractivity contribution in [1.82, 2.24) is 10.3 Å². The van der Waals surface area contributed by atoms with Crippen molar-refractivity contribution in [3.8, 4) is 0 Å². The Kier molecular flexibility index (Phi) is 2.68. The predicted molar refractivity (Wildman–Crippen MR) is 59.0 cm³/mol. The largest absolute Gasteiger partial charge is 0.344 e. The van der Waals surface area contributed by atoms with Crippen molar-refractivity contribution < 1.29 is 9.59 Å². The van der Waals surface area contributed by atoms with Crippen LogP contribution in [0.15, 0.2) is 29.4 Å². The summed E-state index contributed by atoms with van der Waals surface area (Å²) in [6, 6.07) is 7.23. The predicted octanol–water partition coefficient (Wildman–Crippen LogP) is 0.881. The van der Waals surface area contributed by atoms with Gasteiger partial charge in [-0.3, -0.25) is 10.1 Å². The van der Waals surface area contributed by atoms with Crippen LogP contribution in [0, 0.1) is 6.92 Å². The maximum absolute atomic E-state index is 11.2.